The van der Waals surface area contributed by atoms with Crippen molar-refractivity contribution in [2.45, 2.75) is 13.8 Å². The van der Waals surface area contributed by atoms with Crippen molar-refractivity contribution in [3.63, 3.8) is 0 Å². The Morgan fingerprint density at radius 2 is 1.77 bits per heavy atom. The first-order valence-corrected chi connectivity index (χ1v) is 8.73. The van der Waals surface area contributed by atoms with Crippen molar-refractivity contribution < 1.29 is 9.59 Å². The SMILES string of the molecule is CC(=O)Nc1ccc(Br)cc1NC(=O)c1cnn(-c2ccccc2)c1C. The summed E-state index contributed by atoms with van der Waals surface area (Å²) in [7, 11) is 0. The number of carbonyl (C=O) groups is 2. The van der Waals surface area contributed by atoms with Gasteiger partial charge in [0.1, 0.15) is 0 Å². The summed E-state index contributed by atoms with van der Waals surface area (Å²) in [5, 5.41) is 9.86. The molecule has 0 saturated heterocycles. The number of aromatic nitrogens is 2. The zero-order valence-electron chi connectivity index (χ0n) is 14.3. The van der Waals surface area contributed by atoms with Crippen LogP contribution in [0.25, 0.3) is 5.69 Å². The van der Waals surface area contributed by atoms with Gasteiger partial charge in [-0.25, -0.2) is 4.68 Å². The molecule has 1 aromatic heterocycles. The van der Waals surface area contributed by atoms with E-state index in [9.17, 15) is 9.59 Å². The van der Waals surface area contributed by atoms with Gasteiger partial charge in [0.15, 0.2) is 0 Å². The van der Waals surface area contributed by atoms with Gasteiger partial charge in [-0.05, 0) is 37.3 Å². The van der Waals surface area contributed by atoms with Crippen LogP contribution in [-0.2, 0) is 4.79 Å². The maximum Gasteiger partial charge on any atom is 0.259 e. The van der Waals surface area contributed by atoms with Gasteiger partial charge in [0.25, 0.3) is 5.91 Å². The van der Waals surface area contributed by atoms with E-state index in [-0.39, 0.29) is 11.8 Å². The fourth-order valence-corrected chi connectivity index (χ4v) is 2.93. The Labute approximate surface area is 159 Å². The minimum atomic E-state index is -0.297. The van der Waals surface area contributed by atoms with Crippen LogP contribution in [0, 0.1) is 6.92 Å². The van der Waals surface area contributed by atoms with E-state index < -0.39 is 0 Å². The van der Waals surface area contributed by atoms with Crippen molar-refractivity contribution in [3.8, 4) is 5.69 Å². The topological polar surface area (TPSA) is 76.0 Å². The highest BCUT2D eigenvalue weighted by atomic mass is 79.9. The normalized spacial score (nSPS) is 10.4. The van der Waals surface area contributed by atoms with E-state index in [1.807, 2.05) is 37.3 Å². The zero-order valence-corrected chi connectivity index (χ0v) is 15.9. The molecule has 132 valence electrons. The van der Waals surface area contributed by atoms with Crippen LogP contribution in [0.2, 0.25) is 0 Å². The molecule has 3 rings (SSSR count). The molecule has 0 aliphatic rings. The molecule has 0 aliphatic heterocycles. The lowest BCUT2D eigenvalue weighted by Crippen LogP contribution is -2.16. The summed E-state index contributed by atoms with van der Waals surface area (Å²) < 4.78 is 2.50. The number of benzene rings is 2. The van der Waals surface area contributed by atoms with Crippen LogP contribution in [0.15, 0.2) is 59.2 Å². The smallest absolute Gasteiger partial charge is 0.259 e. The molecule has 3 aromatic rings. The number of anilines is 2. The second-order valence-electron chi connectivity index (χ2n) is 5.72. The summed E-state index contributed by atoms with van der Waals surface area (Å²) in [6.45, 7) is 3.26. The number of hydrogen-bond donors (Lipinski definition) is 2. The lowest BCUT2D eigenvalue weighted by Gasteiger charge is -2.12. The Morgan fingerprint density at radius 1 is 1.04 bits per heavy atom. The molecule has 2 aromatic carbocycles. The Bertz CT molecular complexity index is 967. The lowest BCUT2D eigenvalue weighted by molar-refractivity contribution is -0.114. The fourth-order valence-electron chi connectivity index (χ4n) is 2.57. The van der Waals surface area contributed by atoms with E-state index in [0.29, 0.717) is 16.9 Å². The molecule has 2 amide bonds. The number of amides is 2. The van der Waals surface area contributed by atoms with Gasteiger partial charge in [-0.15, -0.1) is 0 Å². The molecule has 0 atom stereocenters. The summed E-state index contributed by atoms with van der Waals surface area (Å²) in [5.41, 5.74) is 3.10. The van der Waals surface area contributed by atoms with E-state index in [2.05, 4.69) is 31.7 Å². The second-order valence-corrected chi connectivity index (χ2v) is 6.63. The number of carbonyl (C=O) groups excluding carboxylic acids is 2. The maximum absolute atomic E-state index is 12.7. The first-order valence-electron chi connectivity index (χ1n) is 7.94. The second kappa shape index (κ2) is 7.53. The van der Waals surface area contributed by atoms with E-state index >= 15 is 0 Å². The molecule has 0 bridgehead atoms. The van der Waals surface area contributed by atoms with Crippen molar-refractivity contribution >= 4 is 39.1 Å². The molecule has 0 unspecified atom stereocenters. The Kier molecular flexibility index (Phi) is 5.18. The quantitative estimate of drug-likeness (QED) is 0.675. The van der Waals surface area contributed by atoms with Crippen LogP contribution in [0.4, 0.5) is 11.4 Å². The van der Waals surface area contributed by atoms with Crippen molar-refractivity contribution in [1.82, 2.24) is 9.78 Å². The monoisotopic (exact) mass is 412 g/mol. The average molecular weight is 413 g/mol. The van der Waals surface area contributed by atoms with Crippen molar-refractivity contribution in [2.75, 3.05) is 10.6 Å². The molecule has 26 heavy (non-hydrogen) atoms. The molecular weight excluding hydrogens is 396 g/mol. The lowest BCUT2D eigenvalue weighted by atomic mass is 10.2. The van der Waals surface area contributed by atoms with Crippen molar-refractivity contribution in [3.05, 3.63) is 70.5 Å². The van der Waals surface area contributed by atoms with Crippen LogP contribution < -0.4 is 10.6 Å². The number of nitrogens with one attached hydrogen (secondary N) is 2. The van der Waals surface area contributed by atoms with Gasteiger partial charge in [0, 0.05) is 11.4 Å². The molecule has 0 radical (unpaired) electrons. The van der Waals surface area contributed by atoms with Crippen LogP contribution >= 0.6 is 15.9 Å². The van der Waals surface area contributed by atoms with Gasteiger partial charge in [-0.2, -0.15) is 5.10 Å². The Balaban J connectivity index is 1.89. The number of rotatable bonds is 4. The highest BCUT2D eigenvalue weighted by Crippen LogP contribution is 2.27. The number of hydrogen-bond acceptors (Lipinski definition) is 3. The predicted molar refractivity (Wildman–Crippen MR) is 105 cm³/mol. The molecule has 0 saturated carbocycles. The highest BCUT2D eigenvalue weighted by molar-refractivity contribution is 9.10. The third-order valence-electron chi connectivity index (χ3n) is 3.80. The molecule has 0 fully saturated rings. The van der Waals surface area contributed by atoms with Crippen LogP contribution in [-0.4, -0.2) is 21.6 Å². The van der Waals surface area contributed by atoms with Gasteiger partial charge in [0.2, 0.25) is 5.91 Å². The first-order chi connectivity index (χ1) is 12.5. The number of nitrogens with zero attached hydrogens (tertiary/aromatic N) is 2. The average Bonchev–Trinajstić information content (AvgIpc) is 2.99. The van der Waals surface area contributed by atoms with Crippen LogP contribution in [0.5, 0.6) is 0 Å². The summed E-state index contributed by atoms with van der Waals surface area (Å²) in [5.74, 6) is -0.509. The standard InChI is InChI=1S/C19H17BrN4O2/c1-12-16(11-21-24(12)15-6-4-3-5-7-15)19(26)23-18-10-14(20)8-9-17(18)22-13(2)25/h3-11H,1-2H3,(H,22,25)(H,23,26). The van der Waals surface area contributed by atoms with Gasteiger partial charge in [-0.3, -0.25) is 9.59 Å². The molecule has 7 heteroatoms. The third-order valence-corrected chi connectivity index (χ3v) is 4.29. The van der Waals surface area contributed by atoms with Crippen LogP contribution in [0.1, 0.15) is 23.0 Å². The van der Waals surface area contributed by atoms with Gasteiger partial charge in [0.05, 0.1) is 34.5 Å². The predicted octanol–water partition coefficient (Wildman–Crippen LogP) is 4.15. The highest BCUT2D eigenvalue weighted by Gasteiger charge is 2.17. The molecular formula is C19H17BrN4O2. The molecule has 2 N–H and O–H groups in total. The summed E-state index contributed by atoms with van der Waals surface area (Å²) in [6.07, 6.45) is 1.54. The molecule has 0 spiro atoms. The molecule has 6 nitrogen and oxygen atoms in total. The van der Waals surface area contributed by atoms with Crippen molar-refractivity contribution in [1.29, 1.82) is 0 Å². The minimum absolute atomic E-state index is 0.212. The summed E-state index contributed by atoms with van der Waals surface area (Å²) in [4.78, 5) is 24.1. The third kappa shape index (κ3) is 3.83. The number of para-hydroxylation sites is 1. The zero-order chi connectivity index (χ0) is 18.7. The molecule has 0 aliphatic carbocycles. The Morgan fingerprint density at radius 3 is 2.46 bits per heavy atom. The van der Waals surface area contributed by atoms with E-state index in [1.165, 1.54) is 13.1 Å². The summed E-state index contributed by atoms with van der Waals surface area (Å²) in [6, 6.07) is 14.8. The first kappa shape index (κ1) is 17.9. The minimum Gasteiger partial charge on any atom is -0.325 e. The summed E-state index contributed by atoms with van der Waals surface area (Å²) >= 11 is 3.38. The van der Waals surface area contributed by atoms with Gasteiger partial charge < -0.3 is 10.6 Å². The van der Waals surface area contributed by atoms with Crippen LogP contribution in [0.3, 0.4) is 0 Å². The van der Waals surface area contributed by atoms with E-state index in [0.717, 1.165) is 15.9 Å². The van der Waals surface area contributed by atoms with Crippen molar-refractivity contribution in [2.24, 2.45) is 0 Å². The maximum atomic E-state index is 12.7. The molecule has 1 heterocycles. The van der Waals surface area contributed by atoms with E-state index in [4.69, 9.17) is 0 Å². The van der Waals surface area contributed by atoms with E-state index in [1.54, 1.807) is 22.9 Å². The Hall–Kier alpha value is -2.93. The van der Waals surface area contributed by atoms with Gasteiger partial charge in [-0.1, -0.05) is 34.1 Å². The fraction of sp³-hybridized carbons (Fsp3) is 0.105. The van der Waals surface area contributed by atoms with Gasteiger partial charge >= 0.3 is 0 Å². The number of halogens is 1. The largest absolute Gasteiger partial charge is 0.325 e.